The monoisotopic (exact) mass is 205 g/mol. The minimum absolute atomic E-state index is 0.00458. The SMILES string of the molecule is O[C@@H]1[C@@H](O)CN2CCc3ccccc3[C@@H]12. The normalized spacial score (nSPS) is 34.9. The van der Waals surface area contributed by atoms with E-state index in [-0.39, 0.29) is 6.04 Å². The lowest BCUT2D eigenvalue weighted by Crippen LogP contribution is -2.34. The minimum Gasteiger partial charge on any atom is -0.389 e. The highest BCUT2D eigenvalue weighted by Gasteiger charge is 2.42. The zero-order valence-corrected chi connectivity index (χ0v) is 8.50. The lowest BCUT2D eigenvalue weighted by molar-refractivity contribution is 0.0360. The molecule has 3 nitrogen and oxygen atoms in total. The van der Waals surface area contributed by atoms with Crippen LogP contribution in [0.5, 0.6) is 0 Å². The molecule has 2 aliphatic rings. The molecule has 3 rings (SSSR count). The Kier molecular flexibility index (Phi) is 2.06. The number of nitrogens with zero attached hydrogens (tertiary/aromatic N) is 1. The molecule has 0 bridgehead atoms. The molecule has 0 saturated carbocycles. The van der Waals surface area contributed by atoms with E-state index >= 15 is 0 Å². The maximum absolute atomic E-state index is 9.95. The van der Waals surface area contributed by atoms with E-state index in [4.69, 9.17) is 0 Å². The van der Waals surface area contributed by atoms with Crippen LogP contribution in [0.3, 0.4) is 0 Å². The van der Waals surface area contributed by atoms with Gasteiger partial charge < -0.3 is 10.2 Å². The number of fused-ring (bicyclic) bond motifs is 3. The van der Waals surface area contributed by atoms with Gasteiger partial charge in [0.15, 0.2) is 0 Å². The van der Waals surface area contributed by atoms with Crippen LogP contribution in [-0.2, 0) is 6.42 Å². The van der Waals surface area contributed by atoms with Gasteiger partial charge in [-0.25, -0.2) is 0 Å². The molecule has 0 aromatic heterocycles. The van der Waals surface area contributed by atoms with Gasteiger partial charge in [0.25, 0.3) is 0 Å². The fraction of sp³-hybridized carbons (Fsp3) is 0.500. The lowest BCUT2D eigenvalue weighted by Gasteiger charge is -2.32. The van der Waals surface area contributed by atoms with Gasteiger partial charge in [0.05, 0.1) is 12.1 Å². The molecule has 3 heteroatoms. The molecule has 0 unspecified atom stereocenters. The van der Waals surface area contributed by atoms with Crippen LogP contribution in [0.2, 0.25) is 0 Å². The van der Waals surface area contributed by atoms with Gasteiger partial charge in [-0.1, -0.05) is 24.3 Å². The summed E-state index contributed by atoms with van der Waals surface area (Å²) in [4.78, 5) is 2.18. The van der Waals surface area contributed by atoms with Crippen LogP contribution in [0, 0.1) is 0 Å². The van der Waals surface area contributed by atoms with Crippen LogP contribution < -0.4 is 0 Å². The third-order valence-corrected chi connectivity index (χ3v) is 3.57. The molecule has 0 radical (unpaired) electrons. The van der Waals surface area contributed by atoms with Crippen molar-refractivity contribution >= 4 is 0 Å². The highest BCUT2D eigenvalue weighted by Crippen LogP contribution is 2.37. The van der Waals surface area contributed by atoms with Gasteiger partial charge in [-0.05, 0) is 17.5 Å². The average Bonchev–Trinajstić information content (AvgIpc) is 2.55. The van der Waals surface area contributed by atoms with Gasteiger partial charge in [0.2, 0.25) is 0 Å². The summed E-state index contributed by atoms with van der Waals surface area (Å²) in [5, 5.41) is 19.6. The third-order valence-electron chi connectivity index (χ3n) is 3.57. The summed E-state index contributed by atoms with van der Waals surface area (Å²) in [7, 11) is 0. The maximum atomic E-state index is 9.95. The number of hydrogen-bond acceptors (Lipinski definition) is 3. The van der Waals surface area contributed by atoms with Crippen LogP contribution in [-0.4, -0.2) is 40.4 Å². The highest BCUT2D eigenvalue weighted by atomic mass is 16.3. The van der Waals surface area contributed by atoms with Crippen LogP contribution in [0.25, 0.3) is 0 Å². The number of aliphatic hydroxyl groups is 2. The van der Waals surface area contributed by atoms with E-state index in [2.05, 4.69) is 17.0 Å². The van der Waals surface area contributed by atoms with Crippen molar-refractivity contribution in [3.8, 4) is 0 Å². The number of hydrogen-bond donors (Lipinski definition) is 2. The largest absolute Gasteiger partial charge is 0.389 e. The zero-order valence-electron chi connectivity index (χ0n) is 8.50. The molecule has 1 saturated heterocycles. The van der Waals surface area contributed by atoms with Crippen LogP contribution >= 0.6 is 0 Å². The van der Waals surface area contributed by atoms with Crippen LogP contribution in [0.1, 0.15) is 17.2 Å². The van der Waals surface area contributed by atoms with E-state index < -0.39 is 12.2 Å². The molecule has 1 fully saturated rings. The first-order chi connectivity index (χ1) is 7.27. The summed E-state index contributed by atoms with van der Waals surface area (Å²) in [5.74, 6) is 0. The second-order valence-electron chi connectivity index (χ2n) is 4.45. The Morgan fingerprint density at radius 2 is 2.00 bits per heavy atom. The summed E-state index contributed by atoms with van der Waals surface area (Å²) in [5.41, 5.74) is 2.50. The van der Waals surface area contributed by atoms with Crippen molar-refractivity contribution < 1.29 is 10.2 Å². The topological polar surface area (TPSA) is 43.7 Å². The summed E-state index contributed by atoms with van der Waals surface area (Å²) >= 11 is 0. The molecular formula is C12H15NO2. The molecule has 80 valence electrons. The molecule has 1 aromatic rings. The van der Waals surface area contributed by atoms with Crippen molar-refractivity contribution in [2.24, 2.45) is 0 Å². The molecular weight excluding hydrogens is 190 g/mol. The average molecular weight is 205 g/mol. The number of rotatable bonds is 0. The Bertz CT molecular complexity index is 380. The van der Waals surface area contributed by atoms with E-state index in [9.17, 15) is 10.2 Å². The van der Waals surface area contributed by atoms with Gasteiger partial charge >= 0.3 is 0 Å². The summed E-state index contributed by atoms with van der Waals surface area (Å²) in [6.45, 7) is 1.54. The predicted octanol–water partition coefficient (Wildman–Crippen LogP) is 0.321. The van der Waals surface area contributed by atoms with Crippen molar-refractivity contribution in [1.82, 2.24) is 4.90 Å². The Morgan fingerprint density at radius 3 is 2.87 bits per heavy atom. The zero-order chi connectivity index (χ0) is 10.4. The van der Waals surface area contributed by atoms with Crippen LogP contribution in [0.4, 0.5) is 0 Å². The minimum atomic E-state index is -0.633. The standard InChI is InChI=1S/C12H15NO2/c14-10-7-13-6-5-8-3-1-2-4-9(8)11(13)12(10)15/h1-4,10-12,14-15H,5-7H2/t10-,11-,12+/m0/s1. The molecule has 1 aromatic carbocycles. The Hall–Kier alpha value is -0.900. The smallest absolute Gasteiger partial charge is 0.101 e. The van der Waals surface area contributed by atoms with E-state index in [0.717, 1.165) is 13.0 Å². The van der Waals surface area contributed by atoms with Gasteiger partial charge in [0, 0.05) is 13.1 Å². The highest BCUT2D eigenvalue weighted by molar-refractivity contribution is 5.34. The van der Waals surface area contributed by atoms with E-state index in [1.54, 1.807) is 0 Å². The molecule has 15 heavy (non-hydrogen) atoms. The Labute approximate surface area is 89.0 Å². The second kappa shape index (κ2) is 3.30. The molecule has 2 aliphatic heterocycles. The summed E-state index contributed by atoms with van der Waals surface area (Å²) < 4.78 is 0. The fourth-order valence-corrected chi connectivity index (χ4v) is 2.81. The van der Waals surface area contributed by atoms with Crippen molar-refractivity contribution in [3.05, 3.63) is 35.4 Å². The van der Waals surface area contributed by atoms with E-state index in [1.807, 2.05) is 12.1 Å². The van der Waals surface area contributed by atoms with Crippen molar-refractivity contribution in [3.63, 3.8) is 0 Å². The fourth-order valence-electron chi connectivity index (χ4n) is 2.81. The van der Waals surface area contributed by atoms with Crippen molar-refractivity contribution in [2.75, 3.05) is 13.1 Å². The molecule has 2 N–H and O–H groups in total. The molecule has 2 heterocycles. The van der Waals surface area contributed by atoms with Gasteiger partial charge in [-0.15, -0.1) is 0 Å². The lowest BCUT2D eigenvalue weighted by atomic mass is 9.91. The van der Waals surface area contributed by atoms with Crippen molar-refractivity contribution in [2.45, 2.75) is 24.7 Å². The van der Waals surface area contributed by atoms with E-state index in [0.29, 0.717) is 6.54 Å². The van der Waals surface area contributed by atoms with E-state index in [1.165, 1.54) is 11.1 Å². The number of aliphatic hydroxyl groups excluding tert-OH is 2. The second-order valence-corrected chi connectivity index (χ2v) is 4.45. The molecule has 0 amide bonds. The Balaban J connectivity index is 2.05. The molecule has 0 aliphatic carbocycles. The molecule has 0 spiro atoms. The quantitative estimate of drug-likeness (QED) is 0.641. The van der Waals surface area contributed by atoms with Crippen LogP contribution in [0.15, 0.2) is 24.3 Å². The predicted molar refractivity (Wildman–Crippen MR) is 56.5 cm³/mol. The first-order valence-corrected chi connectivity index (χ1v) is 5.45. The van der Waals surface area contributed by atoms with Gasteiger partial charge in [-0.2, -0.15) is 0 Å². The van der Waals surface area contributed by atoms with Gasteiger partial charge in [-0.3, -0.25) is 4.90 Å². The first-order valence-electron chi connectivity index (χ1n) is 5.45. The third kappa shape index (κ3) is 1.31. The number of benzene rings is 1. The summed E-state index contributed by atoms with van der Waals surface area (Å²) in [6, 6.07) is 8.22. The van der Waals surface area contributed by atoms with Gasteiger partial charge in [0.1, 0.15) is 6.10 Å². The molecule has 3 atom stereocenters. The Morgan fingerprint density at radius 1 is 1.20 bits per heavy atom. The maximum Gasteiger partial charge on any atom is 0.101 e. The van der Waals surface area contributed by atoms with Crippen molar-refractivity contribution in [1.29, 1.82) is 0 Å². The summed E-state index contributed by atoms with van der Waals surface area (Å²) in [6.07, 6.45) is -0.209. The first kappa shape index (κ1) is 9.33.